The Labute approximate surface area is 104 Å². The summed E-state index contributed by atoms with van der Waals surface area (Å²) in [6, 6.07) is 0. The second-order valence-electron chi connectivity index (χ2n) is 3.66. The van der Waals surface area contributed by atoms with Crippen LogP contribution in [0.1, 0.15) is 18.9 Å². The number of rotatable bonds is 6. The van der Waals surface area contributed by atoms with Gasteiger partial charge in [-0.3, -0.25) is 4.79 Å². The zero-order chi connectivity index (χ0) is 12.8. The molecule has 17 heavy (non-hydrogen) atoms. The first-order valence-electron chi connectivity index (χ1n) is 5.32. The summed E-state index contributed by atoms with van der Waals surface area (Å²) >= 11 is 1.45. The molecule has 0 bridgehead atoms. The topological polar surface area (TPSA) is 66.3 Å². The first kappa shape index (κ1) is 13.5. The molecule has 1 heterocycles. The Kier molecular flexibility index (Phi) is 4.91. The summed E-state index contributed by atoms with van der Waals surface area (Å²) in [6.07, 6.45) is 6.09. The highest BCUT2D eigenvalue weighted by molar-refractivity contribution is 7.15. The molecule has 0 saturated heterocycles. The fraction of sp³-hybridized carbons (Fsp3) is 0.545. The molecule has 0 radical (unpaired) electrons. The van der Waals surface area contributed by atoms with Gasteiger partial charge in [-0.2, -0.15) is 0 Å². The molecule has 0 amide bonds. The summed E-state index contributed by atoms with van der Waals surface area (Å²) in [5.41, 5.74) is 0. The quantitative estimate of drug-likeness (QED) is 0.773. The van der Waals surface area contributed by atoms with Crippen LogP contribution in [0, 0.1) is 18.3 Å². The molecule has 1 atom stereocenters. The smallest absolute Gasteiger partial charge is 0.308 e. The predicted molar refractivity (Wildman–Crippen MR) is 67.1 cm³/mol. The fourth-order valence-corrected chi connectivity index (χ4v) is 2.03. The van der Waals surface area contributed by atoms with Crippen molar-refractivity contribution in [2.45, 2.75) is 20.3 Å². The predicted octanol–water partition coefficient (Wildman–Crippen LogP) is 1.26. The third-order valence-corrected chi connectivity index (χ3v) is 3.36. The van der Waals surface area contributed by atoms with E-state index in [0.29, 0.717) is 18.2 Å². The molecule has 1 N–H and O–H groups in total. The lowest BCUT2D eigenvalue weighted by molar-refractivity contribution is -0.140. The molecule has 1 aromatic heterocycles. The van der Waals surface area contributed by atoms with Gasteiger partial charge in [0.1, 0.15) is 5.01 Å². The molecular formula is C11H15N3O2S. The Balaban J connectivity index is 2.78. The largest absolute Gasteiger partial charge is 0.481 e. The zero-order valence-corrected chi connectivity index (χ0v) is 10.7. The fourth-order valence-electron chi connectivity index (χ4n) is 1.24. The first-order valence-corrected chi connectivity index (χ1v) is 6.13. The average molecular weight is 253 g/mol. The summed E-state index contributed by atoms with van der Waals surface area (Å²) in [5, 5.41) is 18.5. The van der Waals surface area contributed by atoms with Gasteiger partial charge in [0.25, 0.3) is 0 Å². The molecule has 1 unspecified atom stereocenters. The van der Waals surface area contributed by atoms with Crippen molar-refractivity contribution in [2.24, 2.45) is 5.92 Å². The molecule has 0 aromatic carbocycles. The lowest BCUT2D eigenvalue weighted by Gasteiger charge is -2.20. The third kappa shape index (κ3) is 3.71. The molecule has 5 nitrogen and oxygen atoms in total. The summed E-state index contributed by atoms with van der Waals surface area (Å²) in [4.78, 5) is 12.6. The van der Waals surface area contributed by atoms with E-state index in [1.807, 2.05) is 6.92 Å². The maximum atomic E-state index is 10.8. The van der Waals surface area contributed by atoms with Gasteiger partial charge in [0, 0.05) is 6.54 Å². The Morgan fingerprint density at radius 3 is 2.82 bits per heavy atom. The van der Waals surface area contributed by atoms with Gasteiger partial charge in [0.05, 0.1) is 12.5 Å². The number of aromatic nitrogens is 2. The molecule has 0 aliphatic carbocycles. The number of aliphatic carboxylic acids is 1. The van der Waals surface area contributed by atoms with Crippen molar-refractivity contribution in [3.05, 3.63) is 5.01 Å². The molecule has 0 saturated carbocycles. The van der Waals surface area contributed by atoms with E-state index in [2.05, 4.69) is 16.1 Å². The summed E-state index contributed by atoms with van der Waals surface area (Å²) in [6.45, 7) is 4.33. The van der Waals surface area contributed by atoms with Gasteiger partial charge >= 0.3 is 5.97 Å². The number of aryl methyl sites for hydroxylation is 1. The number of hydrogen-bond donors (Lipinski definition) is 1. The molecule has 0 aliphatic rings. The van der Waals surface area contributed by atoms with Gasteiger partial charge in [-0.1, -0.05) is 31.1 Å². The molecule has 0 fully saturated rings. The van der Waals surface area contributed by atoms with Gasteiger partial charge in [-0.05, 0) is 6.42 Å². The van der Waals surface area contributed by atoms with Crippen LogP contribution in [0.4, 0.5) is 5.13 Å². The Morgan fingerprint density at radius 2 is 2.35 bits per heavy atom. The number of carboxylic acid groups (broad SMARTS) is 1. The van der Waals surface area contributed by atoms with Crippen molar-refractivity contribution < 1.29 is 9.90 Å². The van der Waals surface area contributed by atoms with E-state index in [1.54, 1.807) is 11.8 Å². The van der Waals surface area contributed by atoms with Gasteiger partial charge in [0.2, 0.25) is 5.13 Å². The number of carbonyl (C=O) groups is 1. The van der Waals surface area contributed by atoms with Crippen molar-refractivity contribution in [3.8, 4) is 12.3 Å². The van der Waals surface area contributed by atoms with Gasteiger partial charge in [0.15, 0.2) is 0 Å². The minimum absolute atomic E-state index is 0.343. The van der Waals surface area contributed by atoms with Crippen LogP contribution in [-0.2, 0) is 11.2 Å². The summed E-state index contributed by atoms with van der Waals surface area (Å²) in [7, 11) is 0. The van der Waals surface area contributed by atoms with Crippen LogP contribution in [0.2, 0.25) is 0 Å². The highest BCUT2D eigenvalue weighted by Gasteiger charge is 2.18. The highest BCUT2D eigenvalue weighted by atomic mass is 32.1. The van der Waals surface area contributed by atoms with E-state index >= 15 is 0 Å². The van der Waals surface area contributed by atoms with E-state index in [4.69, 9.17) is 11.5 Å². The second kappa shape index (κ2) is 6.21. The Hall–Kier alpha value is -1.61. The molecule has 0 spiro atoms. The van der Waals surface area contributed by atoms with Crippen LogP contribution < -0.4 is 4.90 Å². The number of nitrogens with zero attached hydrogens (tertiary/aromatic N) is 3. The number of hydrogen-bond acceptors (Lipinski definition) is 5. The van der Waals surface area contributed by atoms with E-state index in [9.17, 15) is 4.79 Å². The minimum Gasteiger partial charge on any atom is -0.481 e. The standard InChI is InChI=1S/C11H15N3O2S/c1-4-6-14(7-8(3)10(15)16)11-13-12-9(5-2)17-11/h1,8H,5-7H2,2-3H3,(H,15,16). The zero-order valence-electron chi connectivity index (χ0n) is 9.88. The van der Waals surface area contributed by atoms with Crippen molar-refractivity contribution in [2.75, 3.05) is 18.0 Å². The van der Waals surface area contributed by atoms with Crippen LogP contribution in [0.3, 0.4) is 0 Å². The van der Waals surface area contributed by atoms with E-state index in [1.165, 1.54) is 11.3 Å². The van der Waals surface area contributed by atoms with Crippen molar-refractivity contribution in [1.29, 1.82) is 0 Å². The van der Waals surface area contributed by atoms with E-state index < -0.39 is 11.9 Å². The maximum absolute atomic E-state index is 10.8. The van der Waals surface area contributed by atoms with Crippen LogP contribution in [0.25, 0.3) is 0 Å². The van der Waals surface area contributed by atoms with Gasteiger partial charge in [-0.25, -0.2) is 0 Å². The minimum atomic E-state index is -0.841. The highest BCUT2D eigenvalue weighted by Crippen LogP contribution is 2.21. The monoisotopic (exact) mass is 253 g/mol. The first-order chi connectivity index (χ1) is 8.08. The van der Waals surface area contributed by atoms with Crippen LogP contribution in [0.15, 0.2) is 0 Å². The van der Waals surface area contributed by atoms with Crippen molar-refractivity contribution in [1.82, 2.24) is 10.2 Å². The van der Waals surface area contributed by atoms with Crippen molar-refractivity contribution >= 4 is 22.4 Å². The lowest BCUT2D eigenvalue weighted by atomic mass is 10.2. The average Bonchev–Trinajstić information content (AvgIpc) is 2.76. The van der Waals surface area contributed by atoms with Gasteiger partial charge in [-0.15, -0.1) is 16.6 Å². The molecule has 0 aliphatic heterocycles. The second-order valence-corrected chi connectivity index (χ2v) is 4.70. The summed E-state index contributed by atoms with van der Waals surface area (Å²) in [5.74, 6) is 1.18. The Morgan fingerprint density at radius 1 is 1.65 bits per heavy atom. The molecule has 1 aromatic rings. The Bertz CT molecular complexity index is 425. The molecule has 1 rings (SSSR count). The lowest BCUT2D eigenvalue weighted by Crippen LogP contribution is -2.32. The number of terminal acetylenes is 1. The normalized spacial score (nSPS) is 11.8. The van der Waals surface area contributed by atoms with E-state index in [0.717, 1.165) is 11.4 Å². The number of anilines is 1. The van der Waals surface area contributed by atoms with Crippen LogP contribution in [0.5, 0.6) is 0 Å². The molecular weight excluding hydrogens is 238 g/mol. The van der Waals surface area contributed by atoms with Crippen molar-refractivity contribution in [3.63, 3.8) is 0 Å². The van der Waals surface area contributed by atoms with Crippen LogP contribution in [-0.4, -0.2) is 34.4 Å². The van der Waals surface area contributed by atoms with Gasteiger partial charge < -0.3 is 10.0 Å². The van der Waals surface area contributed by atoms with E-state index in [-0.39, 0.29) is 0 Å². The molecule has 92 valence electrons. The van der Waals surface area contributed by atoms with Crippen LogP contribution >= 0.6 is 11.3 Å². The third-order valence-electron chi connectivity index (χ3n) is 2.23. The molecule has 6 heteroatoms. The SMILES string of the molecule is C#CCN(CC(C)C(=O)O)c1nnc(CC)s1. The maximum Gasteiger partial charge on any atom is 0.308 e. The summed E-state index contributed by atoms with van der Waals surface area (Å²) < 4.78 is 0. The number of carboxylic acids is 1.